The molecule has 1 N–H and O–H groups in total. The van der Waals surface area contributed by atoms with Crippen molar-refractivity contribution in [2.24, 2.45) is 0 Å². The first kappa shape index (κ1) is 17.7. The Kier molecular flexibility index (Phi) is 5.35. The monoisotopic (exact) mass is 361 g/mol. The van der Waals surface area contributed by atoms with Crippen molar-refractivity contribution in [2.75, 3.05) is 12.4 Å². The van der Waals surface area contributed by atoms with Crippen molar-refractivity contribution in [2.45, 2.75) is 13.8 Å². The minimum atomic E-state index is 0.494. The van der Waals surface area contributed by atoms with Crippen LogP contribution < -0.4 is 10.1 Å². The molecule has 0 fully saturated rings. The molecular weight excluding hydrogens is 342 g/mol. The molecule has 3 rings (SSSR count). The zero-order valence-electron chi connectivity index (χ0n) is 14.9. The molecule has 2 aromatic carbocycles. The van der Waals surface area contributed by atoms with E-state index in [1.165, 1.54) is 22.5 Å². The fourth-order valence-electron chi connectivity index (χ4n) is 2.63. The standard InChI is InChI=1S/C21H19N3OS/c1-14-7-8-19(15(2)9-14)20-13-26-21(24-20)16(11-22)12-23-17-5-4-6-18(10-17)25-3/h4-10,12-13,23H,1-3H3/b16-12+. The number of ether oxygens (including phenoxy) is 1. The number of hydrogen-bond donors (Lipinski definition) is 1. The van der Waals surface area contributed by atoms with Gasteiger partial charge >= 0.3 is 0 Å². The molecule has 0 spiro atoms. The highest BCUT2D eigenvalue weighted by Crippen LogP contribution is 2.29. The van der Waals surface area contributed by atoms with Crippen LogP contribution in [0.5, 0.6) is 5.75 Å². The fraction of sp³-hybridized carbons (Fsp3) is 0.143. The number of thiazole rings is 1. The van der Waals surface area contributed by atoms with Gasteiger partial charge in [-0.3, -0.25) is 0 Å². The summed E-state index contributed by atoms with van der Waals surface area (Å²) in [6, 6.07) is 16.1. The first-order chi connectivity index (χ1) is 12.6. The molecule has 0 saturated carbocycles. The Morgan fingerprint density at radius 3 is 2.81 bits per heavy atom. The number of allylic oxidation sites excluding steroid dienone is 1. The van der Waals surface area contributed by atoms with Crippen LogP contribution in [0.3, 0.4) is 0 Å². The summed E-state index contributed by atoms with van der Waals surface area (Å²) in [5.41, 5.74) is 5.74. The lowest BCUT2D eigenvalue weighted by Gasteiger charge is -2.04. The second-order valence-corrected chi connectivity index (χ2v) is 6.76. The van der Waals surface area contributed by atoms with Gasteiger partial charge in [0.2, 0.25) is 0 Å². The smallest absolute Gasteiger partial charge is 0.136 e. The lowest BCUT2D eigenvalue weighted by Crippen LogP contribution is -1.92. The van der Waals surface area contributed by atoms with Crippen LogP contribution in [-0.4, -0.2) is 12.1 Å². The quantitative estimate of drug-likeness (QED) is 0.617. The predicted octanol–water partition coefficient (Wildman–Crippen LogP) is 5.41. The number of hydrogen-bond acceptors (Lipinski definition) is 5. The molecule has 1 heterocycles. The van der Waals surface area contributed by atoms with Gasteiger partial charge in [0.25, 0.3) is 0 Å². The number of nitriles is 1. The third-order valence-corrected chi connectivity index (χ3v) is 4.84. The van der Waals surface area contributed by atoms with E-state index in [0.717, 1.165) is 22.7 Å². The van der Waals surface area contributed by atoms with E-state index >= 15 is 0 Å². The minimum absolute atomic E-state index is 0.494. The van der Waals surface area contributed by atoms with Gasteiger partial charge in [-0.15, -0.1) is 11.3 Å². The lowest BCUT2D eigenvalue weighted by atomic mass is 10.0. The topological polar surface area (TPSA) is 57.9 Å². The molecule has 0 aliphatic rings. The SMILES string of the molecule is COc1cccc(N/C=C(\C#N)c2nc(-c3ccc(C)cc3C)cs2)c1. The van der Waals surface area contributed by atoms with Crippen LogP contribution in [0.2, 0.25) is 0 Å². The number of benzene rings is 2. The summed E-state index contributed by atoms with van der Waals surface area (Å²) >= 11 is 1.47. The van der Waals surface area contributed by atoms with E-state index in [1.54, 1.807) is 13.3 Å². The Morgan fingerprint density at radius 1 is 1.23 bits per heavy atom. The van der Waals surface area contributed by atoms with Crippen molar-refractivity contribution in [3.63, 3.8) is 0 Å². The fourth-order valence-corrected chi connectivity index (χ4v) is 3.42. The summed E-state index contributed by atoms with van der Waals surface area (Å²) in [7, 11) is 1.62. The van der Waals surface area contributed by atoms with Gasteiger partial charge in [0.15, 0.2) is 0 Å². The largest absolute Gasteiger partial charge is 0.497 e. The zero-order valence-corrected chi connectivity index (χ0v) is 15.7. The number of methoxy groups -OCH3 is 1. The molecule has 4 nitrogen and oxygen atoms in total. The van der Waals surface area contributed by atoms with Gasteiger partial charge in [-0.05, 0) is 31.5 Å². The molecule has 1 aromatic heterocycles. The van der Waals surface area contributed by atoms with Gasteiger partial charge in [0.1, 0.15) is 22.4 Å². The van der Waals surface area contributed by atoms with Gasteiger partial charge in [0.05, 0.1) is 12.8 Å². The van der Waals surface area contributed by atoms with Crippen LogP contribution in [0.15, 0.2) is 54.0 Å². The normalized spacial score (nSPS) is 11.1. The highest BCUT2D eigenvalue weighted by molar-refractivity contribution is 7.11. The summed E-state index contributed by atoms with van der Waals surface area (Å²) in [6.07, 6.45) is 1.68. The molecule has 0 atom stereocenters. The second kappa shape index (κ2) is 7.85. The third kappa shape index (κ3) is 3.93. The molecular formula is C21H19N3OS. The van der Waals surface area contributed by atoms with Gasteiger partial charge in [-0.25, -0.2) is 4.98 Å². The second-order valence-electron chi connectivity index (χ2n) is 5.90. The highest BCUT2D eigenvalue weighted by Gasteiger charge is 2.10. The molecule has 0 amide bonds. The minimum Gasteiger partial charge on any atom is -0.497 e. The van der Waals surface area contributed by atoms with Crippen molar-refractivity contribution in [1.29, 1.82) is 5.26 Å². The number of nitrogens with one attached hydrogen (secondary N) is 1. The zero-order chi connectivity index (χ0) is 18.5. The predicted molar refractivity (Wildman–Crippen MR) is 107 cm³/mol. The van der Waals surface area contributed by atoms with Crippen molar-refractivity contribution in [3.05, 3.63) is 70.2 Å². The average Bonchev–Trinajstić information content (AvgIpc) is 3.12. The molecule has 3 aromatic rings. The third-order valence-electron chi connectivity index (χ3n) is 3.97. The number of aryl methyl sites for hydroxylation is 2. The Labute approximate surface area is 157 Å². The summed E-state index contributed by atoms with van der Waals surface area (Å²) < 4.78 is 5.21. The van der Waals surface area contributed by atoms with E-state index in [9.17, 15) is 5.26 Å². The molecule has 0 unspecified atom stereocenters. The van der Waals surface area contributed by atoms with Crippen LogP contribution in [0, 0.1) is 25.2 Å². The van der Waals surface area contributed by atoms with Crippen molar-refractivity contribution in [1.82, 2.24) is 4.98 Å². The summed E-state index contributed by atoms with van der Waals surface area (Å²) in [4.78, 5) is 4.65. The maximum Gasteiger partial charge on any atom is 0.136 e. The van der Waals surface area contributed by atoms with Gasteiger partial charge in [-0.2, -0.15) is 5.26 Å². The van der Waals surface area contributed by atoms with Crippen molar-refractivity contribution >= 4 is 22.6 Å². The maximum absolute atomic E-state index is 9.51. The molecule has 130 valence electrons. The van der Waals surface area contributed by atoms with Crippen LogP contribution in [0.25, 0.3) is 16.8 Å². The van der Waals surface area contributed by atoms with Gasteiger partial charge in [-0.1, -0.05) is 29.8 Å². The maximum atomic E-state index is 9.51. The van der Waals surface area contributed by atoms with E-state index in [2.05, 4.69) is 48.4 Å². The number of anilines is 1. The van der Waals surface area contributed by atoms with Gasteiger partial charge in [0, 0.05) is 28.9 Å². The van der Waals surface area contributed by atoms with Crippen LogP contribution in [0.1, 0.15) is 16.1 Å². The van der Waals surface area contributed by atoms with Gasteiger partial charge < -0.3 is 10.1 Å². The van der Waals surface area contributed by atoms with Crippen LogP contribution in [-0.2, 0) is 0 Å². The number of aromatic nitrogens is 1. The summed E-state index contributed by atoms with van der Waals surface area (Å²) in [5, 5.41) is 15.3. The molecule has 0 aliphatic carbocycles. The van der Waals surface area contributed by atoms with Crippen molar-refractivity contribution < 1.29 is 4.74 Å². The Morgan fingerprint density at radius 2 is 2.08 bits per heavy atom. The summed E-state index contributed by atoms with van der Waals surface area (Å²) in [5.74, 6) is 0.758. The van der Waals surface area contributed by atoms with Crippen LogP contribution >= 0.6 is 11.3 Å². The lowest BCUT2D eigenvalue weighted by molar-refractivity contribution is 0.415. The van der Waals surface area contributed by atoms with E-state index in [1.807, 2.05) is 29.6 Å². The molecule has 0 saturated heterocycles. The van der Waals surface area contributed by atoms with E-state index in [0.29, 0.717) is 10.6 Å². The molecule has 0 aliphatic heterocycles. The van der Waals surface area contributed by atoms with E-state index in [4.69, 9.17) is 4.74 Å². The molecule has 26 heavy (non-hydrogen) atoms. The van der Waals surface area contributed by atoms with E-state index in [-0.39, 0.29) is 0 Å². The highest BCUT2D eigenvalue weighted by atomic mass is 32.1. The first-order valence-corrected chi connectivity index (χ1v) is 9.03. The molecule has 5 heteroatoms. The number of rotatable bonds is 5. The Balaban J connectivity index is 1.85. The molecule has 0 bridgehead atoms. The first-order valence-electron chi connectivity index (χ1n) is 8.15. The summed E-state index contributed by atoms with van der Waals surface area (Å²) in [6.45, 7) is 4.15. The average molecular weight is 361 g/mol. The number of nitrogens with zero attached hydrogens (tertiary/aromatic N) is 2. The van der Waals surface area contributed by atoms with Crippen LogP contribution in [0.4, 0.5) is 5.69 Å². The Hall–Kier alpha value is -3.10. The molecule has 0 radical (unpaired) electrons. The Bertz CT molecular complexity index is 998. The van der Waals surface area contributed by atoms with Crippen molar-refractivity contribution in [3.8, 4) is 23.1 Å². The van der Waals surface area contributed by atoms with E-state index < -0.39 is 0 Å².